The van der Waals surface area contributed by atoms with Gasteiger partial charge in [-0.2, -0.15) is 0 Å². The van der Waals surface area contributed by atoms with E-state index in [1.807, 2.05) is 17.6 Å². The van der Waals surface area contributed by atoms with Gasteiger partial charge in [0.2, 0.25) is 5.88 Å². The van der Waals surface area contributed by atoms with Crippen LogP contribution in [0.15, 0.2) is 29.9 Å². The molecule has 0 aromatic carbocycles. The number of hydrogen-bond acceptors (Lipinski definition) is 5. The predicted octanol–water partition coefficient (Wildman–Crippen LogP) is 3.49. The molecule has 1 aliphatic rings. The number of thiazole rings is 1. The molecule has 4 nitrogen and oxygen atoms in total. The van der Waals surface area contributed by atoms with E-state index in [1.165, 1.54) is 0 Å². The SMILES string of the molecule is Clc1cccnc1OCC1CCN(c2nccs2)CC1. The molecule has 0 amide bonds. The van der Waals surface area contributed by atoms with Crippen LogP contribution in [0.2, 0.25) is 5.02 Å². The topological polar surface area (TPSA) is 38.2 Å². The van der Waals surface area contributed by atoms with Gasteiger partial charge in [0.1, 0.15) is 5.02 Å². The van der Waals surface area contributed by atoms with E-state index in [1.54, 1.807) is 23.6 Å². The lowest BCUT2D eigenvalue weighted by Gasteiger charge is -2.31. The molecule has 0 aliphatic carbocycles. The Bertz CT molecular complexity index is 541. The minimum absolute atomic E-state index is 0.538. The van der Waals surface area contributed by atoms with Crippen molar-refractivity contribution in [2.75, 3.05) is 24.6 Å². The van der Waals surface area contributed by atoms with Crippen LogP contribution in [-0.4, -0.2) is 29.7 Å². The van der Waals surface area contributed by atoms with Crippen molar-refractivity contribution < 1.29 is 4.74 Å². The third-order valence-electron chi connectivity index (χ3n) is 3.48. The molecule has 20 heavy (non-hydrogen) atoms. The van der Waals surface area contributed by atoms with Gasteiger partial charge in [0.15, 0.2) is 5.13 Å². The number of anilines is 1. The minimum Gasteiger partial charge on any atom is -0.476 e. The molecule has 3 rings (SSSR count). The fourth-order valence-corrected chi connectivity index (χ4v) is 3.21. The van der Waals surface area contributed by atoms with Crippen LogP contribution in [0.25, 0.3) is 0 Å². The van der Waals surface area contributed by atoms with Crippen LogP contribution in [0.3, 0.4) is 0 Å². The number of rotatable bonds is 4. The lowest BCUT2D eigenvalue weighted by atomic mass is 9.98. The number of hydrogen-bond donors (Lipinski definition) is 0. The quantitative estimate of drug-likeness (QED) is 0.866. The molecular formula is C14H16ClN3OS. The van der Waals surface area contributed by atoms with Gasteiger partial charge in [-0.05, 0) is 30.9 Å². The summed E-state index contributed by atoms with van der Waals surface area (Å²) < 4.78 is 5.73. The van der Waals surface area contributed by atoms with E-state index in [9.17, 15) is 0 Å². The monoisotopic (exact) mass is 309 g/mol. The standard InChI is InChI=1S/C14H16ClN3OS/c15-12-2-1-5-16-13(12)19-10-11-3-7-18(8-4-11)14-17-6-9-20-14/h1-2,5-6,9,11H,3-4,7-8,10H2. The Morgan fingerprint density at radius 3 is 2.85 bits per heavy atom. The molecule has 0 saturated carbocycles. The number of ether oxygens (including phenoxy) is 1. The summed E-state index contributed by atoms with van der Waals surface area (Å²) in [6.45, 7) is 2.76. The van der Waals surface area contributed by atoms with Crippen LogP contribution in [0.4, 0.5) is 5.13 Å². The summed E-state index contributed by atoms with van der Waals surface area (Å²) in [7, 11) is 0. The van der Waals surface area contributed by atoms with Crippen LogP contribution in [0, 0.1) is 5.92 Å². The third kappa shape index (κ3) is 3.22. The van der Waals surface area contributed by atoms with Crippen molar-refractivity contribution in [3.05, 3.63) is 34.9 Å². The molecule has 2 aromatic heterocycles. The second-order valence-corrected chi connectivity index (χ2v) is 6.13. The molecule has 2 aromatic rings. The van der Waals surface area contributed by atoms with Crippen molar-refractivity contribution in [2.45, 2.75) is 12.8 Å². The Labute approximate surface area is 127 Å². The minimum atomic E-state index is 0.538. The number of halogens is 1. The fraction of sp³-hybridized carbons (Fsp3) is 0.429. The van der Waals surface area contributed by atoms with E-state index in [4.69, 9.17) is 16.3 Å². The molecule has 3 heterocycles. The zero-order chi connectivity index (χ0) is 13.8. The van der Waals surface area contributed by atoms with E-state index in [0.717, 1.165) is 31.1 Å². The van der Waals surface area contributed by atoms with Crippen molar-refractivity contribution in [1.82, 2.24) is 9.97 Å². The van der Waals surface area contributed by atoms with Gasteiger partial charge in [-0.25, -0.2) is 9.97 Å². The maximum atomic E-state index is 6.03. The molecule has 0 bridgehead atoms. The zero-order valence-electron chi connectivity index (χ0n) is 11.0. The molecular weight excluding hydrogens is 294 g/mol. The first-order chi connectivity index (χ1) is 9.83. The zero-order valence-corrected chi connectivity index (χ0v) is 12.6. The molecule has 0 radical (unpaired) electrons. The summed E-state index contributed by atoms with van der Waals surface area (Å²) in [5.74, 6) is 1.10. The largest absolute Gasteiger partial charge is 0.476 e. The second-order valence-electron chi connectivity index (χ2n) is 4.85. The van der Waals surface area contributed by atoms with Crippen LogP contribution < -0.4 is 9.64 Å². The molecule has 1 aliphatic heterocycles. The highest BCUT2D eigenvalue weighted by Gasteiger charge is 2.21. The van der Waals surface area contributed by atoms with Crippen molar-refractivity contribution >= 4 is 28.1 Å². The van der Waals surface area contributed by atoms with Crippen LogP contribution in [0.1, 0.15) is 12.8 Å². The Morgan fingerprint density at radius 1 is 1.30 bits per heavy atom. The van der Waals surface area contributed by atoms with Crippen LogP contribution in [-0.2, 0) is 0 Å². The van der Waals surface area contributed by atoms with Crippen LogP contribution >= 0.6 is 22.9 Å². The summed E-state index contributed by atoms with van der Waals surface area (Å²) >= 11 is 7.73. The molecule has 106 valence electrons. The first-order valence-corrected chi connectivity index (χ1v) is 7.96. The van der Waals surface area contributed by atoms with Gasteiger partial charge in [0.25, 0.3) is 0 Å². The van der Waals surface area contributed by atoms with E-state index in [2.05, 4.69) is 14.9 Å². The lowest BCUT2D eigenvalue weighted by Crippen LogP contribution is -2.35. The van der Waals surface area contributed by atoms with Crippen molar-refractivity contribution in [3.8, 4) is 5.88 Å². The maximum Gasteiger partial charge on any atom is 0.232 e. The summed E-state index contributed by atoms with van der Waals surface area (Å²) in [5, 5.41) is 3.72. The van der Waals surface area contributed by atoms with Crippen molar-refractivity contribution in [3.63, 3.8) is 0 Å². The third-order valence-corrected chi connectivity index (χ3v) is 4.60. The van der Waals surface area contributed by atoms with Gasteiger partial charge >= 0.3 is 0 Å². The first kappa shape index (κ1) is 13.6. The predicted molar refractivity (Wildman–Crippen MR) is 81.8 cm³/mol. The second kappa shape index (κ2) is 6.41. The summed E-state index contributed by atoms with van der Waals surface area (Å²) in [6.07, 6.45) is 5.79. The molecule has 1 fully saturated rings. The smallest absolute Gasteiger partial charge is 0.232 e. The van der Waals surface area contributed by atoms with Crippen molar-refractivity contribution in [1.29, 1.82) is 0 Å². The van der Waals surface area contributed by atoms with Crippen molar-refractivity contribution in [2.24, 2.45) is 5.92 Å². The fourth-order valence-electron chi connectivity index (χ4n) is 2.34. The number of aromatic nitrogens is 2. The van der Waals surface area contributed by atoms with Gasteiger partial charge in [0.05, 0.1) is 6.61 Å². The number of piperidine rings is 1. The Balaban J connectivity index is 1.48. The molecule has 0 spiro atoms. The van der Waals surface area contributed by atoms with Gasteiger partial charge in [-0.3, -0.25) is 0 Å². The Morgan fingerprint density at radius 2 is 2.15 bits per heavy atom. The van der Waals surface area contributed by atoms with Gasteiger partial charge in [-0.1, -0.05) is 11.6 Å². The highest BCUT2D eigenvalue weighted by atomic mass is 35.5. The summed E-state index contributed by atoms with van der Waals surface area (Å²) in [4.78, 5) is 10.8. The highest BCUT2D eigenvalue weighted by Crippen LogP contribution is 2.26. The van der Waals surface area contributed by atoms with E-state index >= 15 is 0 Å². The Kier molecular flexibility index (Phi) is 4.38. The maximum absolute atomic E-state index is 6.03. The van der Waals surface area contributed by atoms with E-state index < -0.39 is 0 Å². The number of nitrogens with zero attached hydrogens (tertiary/aromatic N) is 3. The Hall–Kier alpha value is -1.33. The molecule has 1 saturated heterocycles. The average molecular weight is 310 g/mol. The molecule has 0 unspecified atom stereocenters. The van der Waals surface area contributed by atoms with Gasteiger partial charge in [-0.15, -0.1) is 11.3 Å². The van der Waals surface area contributed by atoms with Crippen LogP contribution in [0.5, 0.6) is 5.88 Å². The first-order valence-electron chi connectivity index (χ1n) is 6.70. The molecule has 0 atom stereocenters. The lowest BCUT2D eigenvalue weighted by molar-refractivity contribution is 0.216. The van der Waals surface area contributed by atoms with E-state index in [-0.39, 0.29) is 0 Å². The van der Waals surface area contributed by atoms with Gasteiger partial charge < -0.3 is 9.64 Å². The average Bonchev–Trinajstić information content (AvgIpc) is 3.01. The molecule has 6 heteroatoms. The normalized spacial score (nSPS) is 16.4. The highest BCUT2D eigenvalue weighted by molar-refractivity contribution is 7.13. The summed E-state index contributed by atoms with van der Waals surface area (Å²) in [5.41, 5.74) is 0. The number of pyridine rings is 1. The van der Waals surface area contributed by atoms with Gasteiger partial charge in [0, 0.05) is 30.9 Å². The molecule has 0 N–H and O–H groups in total. The van der Waals surface area contributed by atoms with E-state index in [0.29, 0.717) is 23.4 Å². The summed E-state index contributed by atoms with van der Waals surface area (Å²) in [6, 6.07) is 3.61.